The molecular weight excluding hydrogens is 278 g/mol. The van der Waals surface area contributed by atoms with Crippen LogP contribution in [0.2, 0.25) is 5.15 Å². The molecule has 6 heteroatoms. The highest BCUT2D eigenvalue weighted by molar-refractivity contribution is 6.29. The van der Waals surface area contributed by atoms with Crippen LogP contribution in [0.3, 0.4) is 0 Å². The van der Waals surface area contributed by atoms with Crippen molar-refractivity contribution in [2.45, 2.75) is 20.3 Å². The van der Waals surface area contributed by atoms with Crippen LogP contribution < -0.4 is 5.32 Å². The summed E-state index contributed by atoms with van der Waals surface area (Å²) in [4.78, 5) is 29.4. The van der Waals surface area contributed by atoms with E-state index < -0.39 is 0 Å². The first-order chi connectivity index (χ1) is 9.38. The average Bonchev–Trinajstić information content (AvgIpc) is 2.44. The molecule has 1 heterocycles. The molecule has 1 aromatic rings. The van der Waals surface area contributed by atoms with Crippen LogP contribution in [0.15, 0.2) is 12.1 Å². The molecule has 0 radical (unpaired) electrons. The summed E-state index contributed by atoms with van der Waals surface area (Å²) in [6.07, 6.45) is 0.708. The molecule has 0 aliphatic rings. The molecule has 1 unspecified atom stereocenters. The lowest BCUT2D eigenvalue weighted by Crippen LogP contribution is -2.37. The Morgan fingerprint density at radius 1 is 1.45 bits per heavy atom. The van der Waals surface area contributed by atoms with E-state index in [2.05, 4.69) is 10.3 Å². The van der Waals surface area contributed by atoms with E-state index in [0.29, 0.717) is 23.7 Å². The summed E-state index contributed by atoms with van der Waals surface area (Å²) in [6.45, 7) is 4.07. The number of nitrogens with zero attached hydrogens (tertiary/aromatic N) is 2. The fraction of sp³-hybridized carbons (Fsp3) is 0.500. The van der Waals surface area contributed by atoms with Gasteiger partial charge >= 0.3 is 0 Å². The predicted molar refractivity (Wildman–Crippen MR) is 78.8 cm³/mol. The van der Waals surface area contributed by atoms with E-state index in [0.717, 1.165) is 5.69 Å². The van der Waals surface area contributed by atoms with Gasteiger partial charge in [0.15, 0.2) is 0 Å². The van der Waals surface area contributed by atoms with Gasteiger partial charge in [-0.3, -0.25) is 9.59 Å². The summed E-state index contributed by atoms with van der Waals surface area (Å²) in [7, 11) is 3.25. The van der Waals surface area contributed by atoms with E-state index in [1.54, 1.807) is 33.2 Å². The minimum atomic E-state index is -0.267. The van der Waals surface area contributed by atoms with Gasteiger partial charge in [-0.05, 0) is 18.6 Å². The van der Waals surface area contributed by atoms with Crippen molar-refractivity contribution in [2.24, 2.45) is 5.92 Å². The highest BCUT2D eigenvalue weighted by Gasteiger charge is 2.19. The van der Waals surface area contributed by atoms with Crippen LogP contribution in [0.5, 0.6) is 0 Å². The Hall–Kier alpha value is -1.62. The number of amides is 2. The summed E-state index contributed by atoms with van der Waals surface area (Å²) in [5.74, 6) is -0.525. The van der Waals surface area contributed by atoms with E-state index in [4.69, 9.17) is 11.6 Å². The van der Waals surface area contributed by atoms with E-state index in [9.17, 15) is 9.59 Å². The lowest BCUT2D eigenvalue weighted by atomic mass is 10.1. The molecule has 0 fully saturated rings. The van der Waals surface area contributed by atoms with Crippen LogP contribution in [-0.2, 0) is 11.2 Å². The summed E-state index contributed by atoms with van der Waals surface area (Å²) < 4.78 is 0. The fourth-order valence-corrected chi connectivity index (χ4v) is 2.13. The number of nitrogens with one attached hydrogen (secondary N) is 1. The zero-order valence-electron chi connectivity index (χ0n) is 12.2. The number of aryl methyl sites for hydroxylation is 1. The molecule has 1 atom stereocenters. The number of pyridine rings is 1. The van der Waals surface area contributed by atoms with Gasteiger partial charge in [0, 0.05) is 31.9 Å². The fourth-order valence-electron chi connectivity index (χ4n) is 1.90. The van der Waals surface area contributed by atoms with Gasteiger partial charge in [0.2, 0.25) is 5.91 Å². The standard InChI is InChI=1S/C14H20ClN3O2/c1-5-11-6-10(7-12(15)17-11)14(20)18(4)8-9(2)13(19)16-3/h6-7,9H,5,8H2,1-4H3,(H,16,19). The van der Waals surface area contributed by atoms with Crippen molar-refractivity contribution in [3.63, 3.8) is 0 Å². The number of carbonyl (C=O) groups excluding carboxylic acids is 2. The van der Waals surface area contributed by atoms with Gasteiger partial charge in [0.05, 0.1) is 5.92 Å². The van der Waals surface area contributed by atoms with E-state index in [1.165, 1.54) is 4.90 Å². The third-order valence-corrected chi connectivity index (χ3v) is 3.24. The van der Waals surface area contributed by atoms with Crippen molar-refractivity contribution in [1.29, 1.82) is 0 Å². The van der Waals surface area contributed by atoms with Gasteiger partial charge in [-0.1, -0.05) is 25.4 Å². The first-order valence-corrected chi connectivity index (χ1v) is 6.90. The normalized spacial score (nSPS) is 11.8. The van der Waals surface area contributed by atoms with Crippen LogP contribution in [0.1, 0.15) is 29.9 Å². The number of halogens is 1. The van der Waals surface area contributed by atoms with Gasteiger partial charge in [-0.15, -0.1) is 0 Å². The maximum atomic E-state index is 12.3. The summed E-state index contributed by atoms with van der Waals surface area (Å²) in [6, 6.07) is 3.28. The Bertz CT molecular complexity index is 505. The molecule has 0 saturated heterocycles. The quantitative estimate of drug-likeness (QED) is 0.842. The summed E-state index contributed by atoms with van der Waals surface area (Å²) in [5.41, 5.74) is 1.27. The molecule has 0 aromatic carbocycles. The van der Waals surface area contributed by atoms with Crippen LogP contribution in [0.25, 0.3) is 0 Å². The smallest absolute Gasteiger partial charge is 0.253 e. The zero-order chi connectivity index (χ0) is 15.3. The minimum Gasteiger partial charge on any atom is -0.359 e. The number of aromatic nitrogens is 1. The SMILES string of the molecule is CCc1cc(C(=O)N(C)CC(C)C(=O)NC)cc(Cl)n1. The third kappa shape index (κ3) is 4.20. The van der Waals surface area contributed by atoms with E-state index >= 15 is 0 Å². The second-order valence-corrected chi connectivity index (χ2v) is 5.11. The molecule has 1 aromatic heterocycles. The Morgan fingerprint density at radius 3 is 2.65 bits per heavy atom. The van der Waals surface area contributed by atoms with Crippen molar-refractivity contribution in [2.75, 3.05) is 20.6 Å². The van der Waals surface area contributed by atoms with Crippen molar-refractivity contribution in [1.82, 2.24) is 15.2 Å². The van der Waals surface area contributed by atoms with Crippen LogP contribution in [-0.4, -0.2) is 42.3 Å². The zero-order valence-corrected chi connectivity index (χ0v) is 13.0. The summed E-state index contributed by atoms with van der Waals surface area (Å²) in [5, 5.41) is 2.87. The Balaban J connectivity index is 2.84. The molecule has 1 rings (SSSR count). The number of hydrogen-bond acceptors (Lipinski definition) is 3. The van der Waals surface area contributed by atoms with Crippen molar-refractivity contribution >= 4 is 23.4 Å². The van der Waals surface area contributed by atoms with Gasteiger partial charge in [-0.2, -0.15) is 0 Å². The van der Waals surface area contributed by atoms with Gasteiger partial charge in [-0.25, -0.2) is 4.98 Å². The lowest BCUT2D eigenvalue weighted by molar-refractivity contribution is -0.124. The van der Waals surface area contributed by atoms with Crippen molar-refractivity contribution in [3.05, 3.63) is 28.5 Å². The topological polar surface area (TPSA) is 62.3 Å². The maximum Gasteiger partial charge on any atom is 0.253 e. The first-order valence-electron chi connectivity index (χ1n) is 6.52. The third-order valence-electron chi connectivity index (χ3n) is 3.04. The molecule has 0 aliphatic heterocycles. The number of hydrogen-bond donors (Lipinski definition) is 1. The highest BCUT2D eigenvalue weighted by Crippen LogP contribution is 2.14. The lowest BCUT2D eigenvalue weighted by Gasteiger charge is -2.21. The predicted octanol–water partition coefficient (Wildman–Crippen LogP) is 1.75. The maximum absolute atomic E-state index is 12.3. The highest BCUT2D eigenvalue weighted by atomic mass is 35.5. The molecule has 0 saturated carbocycles. The number of carbonyl (C=O) groups is 2. The van der Waals surface area contributed by atoms with Crippen LogP contribution in [0, 0.1) is 5.92 Å². The Labute approximate surface area is 124 Å². The molecule has 1 N–H and O–H groups in total. The van der Waals surface area contributed by atoms with Crippen LogP contribution >= 0.6 is 11.6 Å². The second kappa shape index (κ2) is 7.24. The Kier molecular flexibility index (Phi) is 5.95. The van der Waals surface area contributed by atoms with Gasteiger partial charge in [0.25, 0.3) is 5.91 Å². The van der Waals surface area contributed by atoms with E-state index in [1.807, 2.05) is 6.92 Å². The largest absolute Gasteiger partial charge is 0.359 e. The van der Waals surface area contributed by atoms with Gasteiger partial charge < -0.3 is 10.2 Å². The van der Waals surface area contributed by atoms with Crippen LogP contribution in [0.4, 0.5) is 0 Å². The molecule has 110 valence electrons. The molecule has 0 bridgehead atoms. The molecular formula is C14H20ClN3O2. The van der Waals surface area contributed by atoms with Gasteiger partial charge in [0.1, 0.15) is 5.15 Å². The van der Waals surface area contributed by atoms with Crippen molar-refractivity contribution < 1.29 is 9.59 Å². The summed E-state index contributed by atoms with van der Waals surface area (Å²) >= 11 is 5.91. The second-order valence-electron chi connectivity index (χ2n) is 4.72. The average molecular weight is 298 g/mol. The molecule has 20 heavy (non-hydrogen) atoms. The van der Waals surface area contributed by atoms with E-state index in [-0.39, 0.29) is 17.7 Å². The Morgan fingerprint density at radius 2 is 2.10 bits per heavy atom. The minimum absolute atomic E-state index is 0.0911. The van der Waals surface area contributed by atoms with Crippen molar-refractivity contribution in [3.8, 4) is 0 Å². The monoisotopic (exact) mass is 297 g/mol. The molecule has 2 amide bonds. The molecule has 0 aliphatic carbocycles. The molecule has 0 spiro atoms. The number of rotatable bonds is 5. The first kappa shape index (κ1) is 16.4. The molecule has 5 nitrogen and oxygen atoms in total.